The van der Waals surface area contributed by atoms with Crippen molar-refractivity contribution in [3.05, 3.63) is 43.0 Å². The van der Waals surface area contributed by atoms with Gasteiger partial charge in [-0.15, -0.1) is 0 Å². The van der Waals surface area contributed by atoms with Crippen molar-refractivity contribution in [2.24, 2.45) is 0 Å². The predicted molar refractivity (Wildman–Crippen MR) is 70.1 cm³/mol. The Morgan fingerprint density at radius 3 is 2.67 bits per heavy atom. The van der Waals surface area contributed by atoms with Crippen molar-refractivity contribution in [2.75, 3.05) is 5.73 Å². The Bertz CT molecular complexity index is 695. The van der Waals surface area contributed by atoms with Crippen molar-refractivity contribution in [1.82, 2.24) is 19.9 Å². The summed E-state index contributed by atoms with van der Waals surface area (Å²) in [4.78, 5) is 16.5. The van der Waals surface area contributed by atoms with Crippen molar-refractivity contribution in [3.8, 4) is 0 Å². The van der Waals surface area contributed by atoms with Crippen LogP contribution in [0.15, 0.2) is 53.0 Å². The van der Waals surface area contributed by atoms with E-state index in [1.54, 1.807) is 12.4 Å². The number of hydrogen-bond acceptors (Lipinski definition) is 6. The molecule has 0 saturated heterocycles. The van der Waals surface area contributed by atoms with Crippen LogP contribution in [0.1, 0.15) is 0 Å². The lowest BCUT2D eigenvalue weighted by Gasteiger charge is -2.03. The molecule has 0 radical (unpaired) electrons. The Labute approximate surface area is 108 Å². The highest BCUT2D eigenvalue weighted by atomic mass is 32.2. The minimum Gasteiger partial charge on any atom is -0.384 e. The maximum atomic E-state index is 5.63. The summed E-state index contributed by atoms with van der Waals surface area (Å²) < 4.78 is 0. The zero-order valence-corrected chi connectivity index (χ0v) is 10.1. The smallest absolute Gasteiger partial charge is 0.127 e. The fourth-order valence-electron chi connectivity index (χ4n) is 1.57. The maximum Gasteiger partial charge on any atom is 0.127 e. The number of nitrogens with two attached hydrogens (primary N) is 1. The SMILES string of the molecule is Nc1cc(Sc2ncnc3ccccc23)ncn1. The first-order chi connectivity index (χ1) is 8.83. The minimum absolute atomic E-state index is 0.450. The van der Waals surface area contributed by atoms with Gasteiger partial charge < -0.3 is 5.73 Å². The molecule has 0 aliphatic carbocycles. The zero-order chi connectivity index (χ0) is 12.4. The molecule has 2 aromatic heterocycles. The molecule has 0 aliphatic heterocycles. The monoisotopic (exact) mass is 255 g/mol. The predicted octanol–water partition coefficient (Wildman–Crippen LogP) is 2.15. The standard InChI is InChI=1S/C12H9N5S/c13-10-5-11(16-7-15-10)18-12-8-3-1-2-4-9(8)14-6-17-12/h1-7H,(H2,13,15,16). The largest absolute Gasteiger partial charge is 0.384 e. The van der Waals surface area contributed by atoms with Crippen LogP contribution in [-0.4, -0.2) is 19.9 Å². The van der Waals surface area contributed by atoms with Gasteiger partial charge in [0.1, 0.15) is 28.5 Å². The molecule has 3 aromatic rings. The lowest BCUT2D eigenvalue weighted by molar-refractivity contribution is 1.04. The molecular formula is C12H9N5S. The Hall–Kier alpha value is -2.21. The van der Waals surface area contributed by atoms with E-state index in [-0.39, 0.29) is 0 Å². The van der Waals surface area contributed by atoms with Gasteiger partial charge in [0.05, 0.1) is 5.52 Å². The Morgan fingerprint density at radius 2 is 1.78 bits per heavy atom. The summed E-state index contributed by atoms with van der Waals surface area (Å²) in [5.41, 5.74) is 6.54. The highest BCUT2D eigenvalue weighted by Gasteiger charge is 2.06. The van der Waals surface area contributed by atoms with Gasteiger partial charge in [0.15, 0.2) is 0 Å². The molecule has 88 valence electrons. The van der Waals surface area contributed by atoms with E-state index in [4.69, 9.17) is 5.73 Å². The number of rotatable bonds is 2. The highest BCUT2D eigenvalue weighted by molar-refractivity contribution is 7.99. The van der Waals surface area contributed by atoms with Gasteiger partial charge in [0.2, 0.25) is 0 Å². The topological polar surface area (TPSA) is 77.6 Å². The van der Waals surface area contributed by atoms with Crippen LogP contribution in [0, 0.1) is 0 Å². The number of para-hydroxylation sites is 1. The minimum atomic E-state index is 0.450. The van der Waals surface area contributed by atoms with Crippen LogP contribution in [0.2, 0.25) is 0 Å². The molecule has 0 atom stereocenters. The second kappa shape index (κ2) is 4.58. The fraction of sp³-hybridized carbons (Fsp3) is 0. The molecule has 0 unspecified atom stereocenters. The van der Waals surface area contributed by atoms with Gasteiger partial charge in [-0.3, -0.25) is 0 Å². The van der Waals surface area contributed by atoms with Gasteiger partial charge >= 0.3 is 0 Å². The van der Waals surface area contributed by atoms with E-state index in [2.05, 4.69) is 19.9 Å². The van der Waals surface area contributed by atoms with Crippen molar-refractivity contribution >= 4 is 28.5 Å². The quantitative estimate of drug-likeness (QED) is 0.707. The second-order valence-electron chi connectivity index (χ2n) is 3.58. The average Bonchev–Trinajstić information content (AvgIpc) is 2.39. The molecule has 6 heteroatoms. The normalized spacial score (nSPS) is 10.7. The molecule has 5 nitrogen and oxygen atoms in total. The Kier molecular flexibility index (Phi) is 2.77. The third-order valence-corrected chi connectivity index (χ3v) is 3.32. The summed E-state index contributed by atoms with van der Waals surface area (Å²) in [6.45, 7) is 0. The van der Waals surface area contributed by atoms with E-state index in [0.29, 0.717) is 5.82 Å². The first kappa shape index (κ1) is 10.9. The van der Waals surface area contributed by atoms with Crippen molar-refractivity contribution < 1.29 is 0 Å². The molecule has 3 rings (SSSR count). The lowest BCUT2D eigenvalue weighted by Crippen LogP contribution is -1.92. The summed E-state index contributed by atoms with van der Waals surface area (Å²) in [5, 5.41) is 2.63. The average molecular weight is 255 g/mol. The molecule has 2 N–H and O–H groups in total. The van der Waals surface area contributed by atoms with E-state index in [1.807, 2.05) is 24.3 Å². The van der Waals surface area contributed by atoms with Crippen molar-refractivity contribution in [2.45, 2.75) is 10.1 Å². The van der Waals surface area contributed by atoms with E-state index < -0.39 is 0 Å². The fourth-order valence-corrected chi connectivity index (χ4v) is 2.43. The van der Waals surface area contributed by atoms with E-state index >= 15 is 0 Å². The molecule has 0 fully saturated rings. The highest BCUT2D eigenvalue weighted by Crippen LogP contribution is 2.29. The summed E-state index contributed by atoms with van der Waals surface area (Å²) in [6, 6.07) is 9.58. The summed E-state index contributed by atoms with van der Waals surface area (Å²) in [5.74, 6) is 0.450. The molecule has 0 amide bonds. The third-order valence-electron chi connectivity index (χ3n) is 2.37. The van der Waals surface area contributed by atoms with Crippen molar-refractivity contribution in [1.29, 1.82) is 0 Å². The number of hydrogen-bond donors (Lipinski definition) is 1. The van der Waals surface area contributed by atoms with E-state index in [9.17, 15) is 0 Å². The van der Waals surface area contributed by atoms with Crippen LogP contribution in [0.4, 0.5) is 5.82 Å². The number of aromatic nitrogens is 4. The molecule has 0 spiro atoms. The number of nitrogen functional groups attached to an aromatic ring is 1. The molecule has 1 aromatic carbocycles. The summed E-state index contributed by atoms with van der Waals surface area (Å²) in [7, 11) is 0. The first-order valence-electron chi connectivity index (χ1n) is 5.28. The molecular weight excluding hydrogens is 246 g/mol. The van der Waals surface area contributed by atoms with Crippen LogP contribution in [-0.2, 0) is 0 Å². The number of fused-ring (bicyclic) bond motifs is 1. The van der Waals surface area contributed by atoms with Crippen LogP contribution in [0.25, 0.3) is 10.9 Å². The molecule has 2 heterocycles. The van der Waals surface area contributed by atoms with Gasteiger partial charge in [0, 0.05) is 11.5 Å². The van der Waals surface area contributed by atoms with Crippen LogP contribution in [0.3, 0.4) is 0 Å². The second-order valence-corrected chi connectivity index (χ2v) is 4.59. The number of nitrogens with zero attached hydrogens (tertiary/aromatic N) is 4. The van der Waals surface area contributed by atoms with Crippen LogP contribution < -0.4 is 5.73 Å². The van der Waals surface area contributed by atoms with Crippen molar-refractivity contribution in [3.63, 3.8) is 0 Å². The van der Waals surface area contributed by atoms with Gasteiger partial charge in [-0.05, 0) is 17.8 Å². The molecule has 18 heavy (non-hydrogen) atoms. The van der Waals surface area contributed by atoms with Gasteiger partial charge in [-0.1, -0.05) is 18.2 Å². The Balaban J connectivity index is 2.05. The van der Waals surface area contributed by atoms with Crippen LogP contribution in [0.5, 0.6) is 0 Å². The summed E-state index contributed by atoms with van der Waals surface area (Å²) in [6.07, 6.45) is 3.00. The van der Waals surface area contributed by atoms with Gasteiger partial charge in [-0.25, -0.2) is 19.9 Å². The molecule has 0 saturated carbocycles. The Morgan fingerprint density at radius 1 is 0.944 bits per heavy atom. The third kappa shape index (κ3) is 2.10. The van der Waals surface area contributed by atoms with E-state index in [0.717, 1.165) is 21.0 Å². The van der Waals surface area contributed by atoms with Gasteiger partial charge in [0.25, 0.3) is 0 Å². The number of anilines is 1. The lowest BCUT2D eigenvalue weighted by atomic mass is 10.2. The first-order valence-corrected chi connectivity index (χ1v) is 6.10. The molecule has 0 bridgehead atoms. The number of benzene rings is 1. The van der Waals surface area contributed by atoms with Crippen LogP contribution >= 0.6 is 11.8 Å². The summed E-state index contributed by atoms with van der Waals surface area (Å²) >= 11 is 1.45. The van der Waals surface area contributed by atoms with E-state index in [1.165, 1.54) is 18.1 Å². The maximum absolute atomic E-state index is 5.63. The van der Waals surface area contributed by atoms with Gasteiger partial charge in [-0.2, -0.15) is 0 Å². The zero-order valence-electron chi connectivity index (χ0n) is 9.32. The molecule has 0 aliphatic rings.